The van der Waals surface area contributed by atoms with E-state index in [9.17, 15) is 9.59 Å². The molecule has 18 heavy (non-hydrogen) atoms. The van der Waals surface area contributed by atoms with Crippen molar-refractivity contribution in [1.82, 2.24) is 0 Å². The molecule has 0 amide bonds. The third kappa shape index (κ3) is 9.20. The number of unbranched alkanes of at least 4 members (excludes halogenated alkanes) is 3. The summed E-state index contributed by atoms with van der Waals surface area (Å²) >= 11 is 0. The van der Waals surface area contributed by atoms with Crippen LogP contribution in [0.2, 0.25) is 0 Å². The van der Waals surface area contributed by atoms with Gasteiger partial charge in [0.2, 0.25) is 0 Å². The molecule has 0 aliphatic carbocycles. The Labute approximate surface area is 111 Å². The van der Waals surface area contributed by atoms with Gasteiger partial charge < -0.3 is 9.53 Å². The van der Waals surface area contributed by atoms with Crippen LogP contribution in [0.15, 0.2) is 0 Å². The van der Waals surface area contributed by atoms with Gasteiger partial charge in [-0.1, -0.05) is 32.6 Å². The molecule has 0 radical (unpaired) electrons. The first kappa shape index (κ1) is 17.1. The van der Waals surface area contributed by atoms with Crippen molar-refractivity contribution in [2.45, 2.75) is 72.1 Å². The number of Topliss-reactive ketones (excluding diaryl/α,β-unsaturated/α-hetero) is 1. The van der Waals surface area contributed by atoms with Gasteiger partial charge in [-0.2, -0.15) is 0 Å². The van der Waals surface area contributed by atoms with E-state index in [1.807, 2.05) is 6.92 Å². The van der Waals surface area contributed by atoms with E-state index in [0.717, 1.165) is 44.9 Å². The Morgan fingerprint density at radius 2 is 1.67 bits per heavy atom. The van der Waals surface area contributed by atoms with E-state index < -0.39 is 0 Å². The van der Waals surface area contributed by atoms with Crippen LogP contribution in [0.3, 0.4) is 0 Å². The normalized spacial score (nSPS) is 12.2. The molecule has 0 aromatic carbocycles. The zero-order chi connectivity index (χ0) is 13.8. The smallest absolute Gasteiger partial charge is 0.308 e. The molecule has 1 atom stereocenters. The molecule has 0 aliphatic heterocycles. The van der Waals surface area contributed by atoms with Gasteiger partial charge in [-0.15, -0.1) is 0 Å². The summed E-state index contributed by atoms with van der Waals surface area (Å²) in [6.07, 6.45) is 7.68. The summed E-state index contributed by atoms with van der Waals surface area (Å²) in [7, 11) is 0. The van der Waals surface area contributed by atoms with Gasteiger partial charge in [0, 0.05) is 6.42 Å². The Bertz CT molecular complexity index is 236. The topological polar surface area (TPSA) is 43.4 Å². The Kier molecular flexibility index (Phi) is 10.7. The molecule has 0 N–H and O–H groups in total. The molecule has 0 aliphatic rings. The molecule has 0 heterocycles. The standard InChI is InChI=1S/C15H28O3/c1-4-6-11-14(15(17)18-5-2)12-9-7-8-10-13(3)16/h14H,4-12H2,1-3H3. The Morgan fingerprint density at radius 1 is 1.00 bits per heavy atom. The highest BCUT2D eigenvalue weighted by Gasteiger charge is 2.18. The lowest BCUT2D eigenvalue weighted by Crippen LogP contribution is -2.18. The number of rotatable bonds is 11. The first-order valence-electron chi connectivity index (χ1n) is 7.27. The molecular formula is C15H28O3. The third-order valence-electron chi connectivity index (χ3n) is 3.11. The van der Waals surface area contributed by atoms with Gasteiger partial charge in [0.05, 0.1) is 12.5 Å². The van der Waals surface area contributed by atoms with E-state index in [1.165, 1.54) is 0 Å². The predicted octanol–water partition coefficient (Wildman–Crippen LogP) is 3.90. The van der Waals surface area contributed by atoms with Crippen molar-refractivity contribution in [2.24, 2.45) is 5.92 Å². The molecule has 0 aromatic rings. The molecule has 0 rings (SSSR count). The summed E-state index contributed by atoms with van der Waals surface area (Å²) in [5.41, 5.74) is 0. The largest absolute Gasteiger partial charge is 0.466 e. The van der Waals surface area contributed by atoms with Gasteiger partial charge in [-0.05, 0) is 33.1 Å². The highest BCUT2D eigenvalue weighted by molar-refractivity contribution is 5.75. The summed E-state index contributed by atoms with van der Waals surface area (Å²) in [4.78, 5) is 22.5. The van der Waals surface area contributed by atoms with E-state index in [1.54, 1.807) is 6.92 Å². The van der Waals surface area contributed by atoms with E-state index >= 15 is 0 Å². The SMILES string of the molecule is CCCCC(CCCCCC(C)=O)C(=O)OCC. The monoisotopic (exact) mass is 256 g/mol. The number of hydrogen-bond acceptors (Lipinski definition) is 3. The van der Waals surface area contributed by atoms with Crippen molar-refractivity contribution in [3.8, 4) is 0 Å². The van der Waals surface area contributed by atoms with Crippen LogP contribution in [0.4, 0.5) is 0 Å². The number of carbonyl (C=O) groups excluding carboxylic acids is 2. The molecule has 0 saturated heterocycles. The number of ketones is 1. The predicted molar refractivity (Wildman–Crippen MR) is 73.4 cm³/mol. The maximum Gasteiger partial charge on any atom is 0.308 e. The second kappa shape index (κ2) is 11.2. The number of esters is 1. The lowest BCUT2D eigenvalue weighted by atomic mass is 9.95. The van der Waals surface area contributed by atoms with Gasteiger partial charge >= 0.3 is 5.97 Å². The molecular weight excluding hydrogens is 228 g/mol. The van der Waals surface area contributed by atoms with E-state index in [0.29, 0.717) is 13.0 Å². The molecule has 0 spiro atoms. The highest BCUT2D eigenvalue weighted by atomic mass is 16.5. The average molecular weight is 256 g/mol. The van der Waals surface area contributed by atoms with Crippen LogP contribution >= 0.6 is 0 Å². The summed E-state index contributed by atoms with van der Waals surface area (Å²) < 4.78 is 5.10. The van der Waals surface area contributed by atoms with Gasteiger partial charge in [-0.25, -0.2) is 0 Å². The van der Waals surface area contributed by atoms with Crippen LogP contribution in [0.25, 0.3) is 0 Å². The number of hydrogen-bond donors (Lipinski definition) is 0. The highest BCUT2D eigenvalue weighted by Crippen LogP contribution is 2.19. The second-order valence-corrected chi connectivity index (χ2v) is 4.89. The summed E-state index contributed by atoms with van der Waals surface area (Å²) in [6, 6.07) is 0. The van der Waals surface area contributed by atoms with Crippen LogP contribution in [-0.2, 0) is 14.3 Å². The minimum Gasteiger partial charge on any atom is -0.466 e. The molecule has 0 saturated carbocycles. The lowest BCUT2D eigenvalue weighted by molar-refractivity contribution is -0.148. The molecule has 106 valence electrons. The van der Waals surface area contributed by atoms with Crippen LogP contribution in [-0.4, -0.2) is 18.4 Å². The van der Waals surface area contributed by atoms with E-state index in [-0.39, 0.29) is 17.7 Å². The maximum absolute atomic E-state index is 11.7. The van der Waals surface area contributed by atoms with Crippen LogP contribution in [0, 0.1) is 5.92 Å². The lowest BCUT2D eigenvalue weighted by Gasteiger charge is -2.14. The third-order valence-corrected chi connectivity index (χ3v) is 3.11. The van der Waals surface area contributed by atoms with Crippen molar-refractivity contribution in [1.29, 1.82) is 0 Å². The molecule has 0 bridgehead atoms. The van der Waals surface area contributed by atoms with Crippen LogP contribution in [0.5, 0.6) is 0 Å². The minimum atomic E-state index is -0.0440. The quantitative estimate of drug-likeness (QED) is 0.416. The van der Waals surface area contributed by atoms with Crippen molar-refractivity contribution >= 4 is 11.8 Å². The van der Waals surface area contributed by atoms with Crippen molar-refractivity contribution in [2.75, 3.05) is 6.61 Å². The van der Waals surface area contributed by atoms with E-state index in [4.69, 9.17) is 4.74 Å². The molecule has 3 nitrogen and oxygen atoms in total. The van der Waals surface area contributed by atoms with Crippen molar-refractivity contribution in [3.63, 3.8) is 0 Å². The summed E-state index contributed by atoms with van der Waals surface area (Å²) in [6.45, 7) is 6.07. The van der Waals surface area contributed by atoms with E-state index in [2.05, 4.69) is 6.92 Å². The fourth-order valence-electron chi connectivity index (χ4n) is 2.03. The summed E-state index contributed by atoms with van der Waals surface area (Å²) in [5.74, 6) is 0.266. The maximum atomic E-state index is 11.7. The fraction of sp³-hybridized carbons (Fsp3) is 0.867. The summed E-state index contributed by atoms with van der Waals surface area (Å²) in [5, 5.41) is 0. The Morgan fingerprint density at radius 3 is 2.22 bits per heavy atom. The first-order chi connectivity index (χ1) is 8.61. The van der Waals surface area contributed by atoms with Crippen molar-refractivity contribution in [3.05, 3.63) is 0 Å². The number of carbonyl (C=O) groups is 2. The second-order valence-electron chi connectivity index (χ2n) is 4.89. The minimum absolute atomic E-state index is 0.0440. The zero-order valence-corrected chi connectivity index (χ0v) is 12.2. The number of ether oxygens (including phenoxy) is 1. The molecule has 1 unspecified atom stereocenters. The van der Waals surface area contributed by atoms with Gasteiger partial charge in [0.1, 0.15) is 5.78 Å². The van der Waals surface area contributed by atoms with Crippen molar-refractivity contribution < 1.29 is 14.3 Å². The average Bonchev–Trinajstić information content (AvgIpc) is 2.32. The fourth-order valence-corrected chi connectivity index (χ4v) is 2.03. The first-order valence-corrected chi connectivity index (χ1v) is 7.27. The molecule has 3 heteroatoms. The van der Waals surface area contributed by atoms with Crippen LogP contribution in [0.1, 0.15) is 72.1 Å². The van der Waals surface area contributed by atoms with Crippen LogP contribution < -0.4 is 0 Å². The van der Waals surface area contributed by atoms with Gasteiger partial charge in [0.25, 0.3) is 0 Å². The Hall–Kier alpha value is -0.860. The molecule has 0 aromatic heterocycles. The molecule has 0 fully saturated rings. The van der Waals surface area contributed by atoms with Gasteiger partial charge in [0.15, 0.2) is 0 Å². The zero-order valence-electron chi connectivity index (χ0n) is 12.2. The van der Waals surface area contributed by atoms with Gasteiger partial charge in [-0.3, -0.25) is 4.79 Å². The Balaban J connectivity index is 3.85.